The van der Waals surface area contributed by atoms with Crippen molar-refractivity contribution in [3.05, 3.63) is 82.9 Å². The maximum absolute atomic E-state index is 14.4. The fourth-order valence-corrected chi connectivity index (χ4v) is 7.97. The van der Waals surface area contributed by atoms with E-state index in [0.717, 1.165) is 47.3 Å². The van der Waals surface area contributed by atoms with Crippen molar-refractivity contribution in [2.75, 3.05) is 26.2 Å². The van der Waals surface area contributed by atoms with Gasteiger partial charge in [-0.25, -0.2) is 17.5 Å². The highest BCUT2D eigenvalue weighted by Gasteiger charge is 2.52. The Morgan fingerprint density at radius 1 is 0.951 bits per heavy atom. The summed E-state index contributed by atoms with van der Waals surface area (Å²) in [5.74, 6) is -0.312. The second-order valence-electron chi connectivity index (χ2n) is 12.6. The molecule has 3 aliphatic rings. The number of likely N-dealkylation sites (tertiary alicyclic amines) is 1. The number of hydrogen-bond donors (Lipinski definition) is 0. The number of benzene rings is 2. The largest absolute Gasteiger partial charge is 0.342 e. The third kappa shape index (κ3) is 4.93. The fourth-order valence-electron chi connectivity index (χ4n) is 6.47. The molecule has 2 aromatic carbocycles. The molecule has 2 fully saturated rings. The van der Waals surface area contributed by atoms with Gasteiger partial charge in [0.1, 0.15) is 5.82 Å². The number of carbonyl (C=O) groups excluding carboxylic acids is 1. The summed E-state index contributed by atoms with van der Waals surface area (Å²) in [5.41, 5.74) is 3.42. The molecule has 2 aliphatic heterocycles. The van der Waals surface area contributed by atoms with Crippen molar-refractivity contribution in [1.29, 1.82) is 0 Å². The van der Waals surface area contributed by atoms with E-state index in [1.165, 1.54) is 16.4 Å². The first-order valence-electron chi connectivity index (χ1n) is 14.4. The van der Waals surface area contributed by atoms with Crippen molar-refractivity contribution in [2.45, 2.75) is 63.2 Å². The van der Waals surface area contributed by atoms with Gasteiger partial charge >= 0.3 is 0 Å². The lowest BCUT2D eigenvalue weighted by Crippen LogP contribution is -2.57. The van der Waals surface area contributed by atoms with Crippen molar-refractivity contribution in [2.24, 2.45) is 5.41 Å². The van der Waals surface area contributed by atoms with Gasteiger partial charge in [-0.05, 0) is 96.7 Å². The molecule has 3 aromatic rings. The highest BCUT2D eigenvalue weighted by atomic mass is 32.2. The van der Waals surface area contributed by atoms with Gasteiger partial charge in [0.05, 0.1) is 27.9 Å². The highest BCUT2D eigenvalue weighted by Crippen LogP contribution is 2.47. The van der Waals surface area contributed by atoms with E-state index in [4.69, 9.17) is 0 Å². The summed E-state index contributed by atoms with van der Waals surface area (Å²) in [7, 11) is -3.82. The molecular formula is C32H37FN4O3S. The minimum atomic E-state index is -3.82. The van der Waals surface area contributed by atoms with Crippen LogP contribution < -0.4 is 0 Å². The average molecular weight is 577 g/mol. The molecule has 7 nitrogen and oxygen atoms in total. The minimum Gasteiger partial charge on any atom is -0.342 e. The van der Waals surface area contributed by atoms with Gasteiger partial charge in [0.15, 0.2) is 0 Å². The topological polar surface area (TPSA) is 75.5 Å². The van der Waals surface area contributed by atoms with E-state index < -0.39 is 15.4 Å². The van der Waals surface area contributed by atoms with Gasteiger partial charge in [-0.3, -0.25) is 4.79 Å². The Balaban J connectivity index is 1.38. The molecule has 0 saturated carbocycles. The van der Waals surface area contributed by atoms with Crippen LogP contribution in [0.25, 0.3) is 11.8 Å². The zero-order valence-corrected chi connectivity index (χ0v) is 24.8. The zero-order valence-electron chi connectivity index (χ0n) is 23.9. The van der Waals surface area contributed by atoms with Crippen LogP contribution >= 0.6 is 0 Å². The number of sulfonamides is 1. The molecule has 6 rings (SSSR count). The molecule has 0 N–H and O–H groups in total. The molecule has 1 aliphatic carbocycles. The molecule has 0 bridgehead atoms. The van der Waals surface area contributed by atoms with Crippen molar-refractivity contribution in [1.82, 2.24) is 19.0 Å². The SMILES string of the molecule is CC(C)(C)c1ccc(S(=O)(=O)N2CCC3=Cc4c(cnn4-c4ccc(F)cc4)CC3(C(=O)N3CCCCC3)C2)cc1. The summed E-state index contributed by atoms with van der Waals surface area (Å²) < 4.78 is 44.8. The quantitative estimate of drug-likeness (QED) is 0.420. The predicted molar refractivity (Wildman–Crippen MR) is 157 cm³/mol. The van der Waals surface area contributed by atoms with Crippen molar-refractivity contribution in [3.8, 4) is 5.69 Å². The minimum absolute atomic E-state index is 0.00612. The normalized spacial score (nSPS) is 21.7. The number of hydrogen-bond acceptors (Lipinski definition) is 4. The van der Waals surface area contributed by atoms with Crippen molar-refractivity contribution in [3.63, 3.8) is 0 Å². The second-order valence-corrected chi connectivity index (χ2v) is 14.5. The van der Waals surface area contributed by atoms with Crippen molar-refractivity contribution >= 4 is 22.0 Å². The van der Waals surface area contributed by atoms with Crippen LogP contribution in [-0.2, 0) is 26.7 Å². The summed E-state index contributed by atoms with van der Waals surface area (Å²) in [6.45, 7) is 8.07. The number of amides is 1. The summed E-state index contributed by atoms with van der Waals surface area (Å²) in [6.07, 6.45) is 7.62. The molecular weight excluding hydrogens is 539 g/mol. The summed E-state index contributed by atoms with van der Waals surface area (Å²) in [4.78, 5) is 16.6. The van der Waals surface area contributed by atoms with E-state index in [-0.39, 0.29) is 28.6 Å². The zero-order chi connectivity index (χ0) is 29.0. The van der Waals surface area contributed by atoms with Crippen LogP contribution in [0.3, 0.4) is 0 Å². The van der Waals surface area contributed by atoms with E-state index in [2.05, 4.69) is 25.9 Å². The molecule has 216 valence electrons. The number of piperidine rings is 2. The van der Waals surface area contributed by atoms with E-state index in [9.17, 15) is 17.6 Å². The molecule has 41 heavy (non-hydrogen) atoms. The van der Waals surface area contributed by atoms with E-state index in [0.29, 0.717) is 32.5 Å². The number of rotatable bonds is 4. The average Bonchev–Trinajstić information content (AvgIpc) is 3.37. The Hall–Kier alpha value is -3.30. The summed E-state index contributed by atoms with van der Waals surface area (Å²) in [5, 5.41) is 4.59. The van der Waals surface area contributed by atoms with E-state index in [1.807, 2.05) is 23.1 Å². The van der Waals surface area contributed by atoms with Gasteiger partial charge in [-0.15, -0.1) is 0 Å². The lowest BCUT2D eigenvalue weighted by atomic mass is 9.67. The van der Waals surface area contributed by atoms with Crippen LogP contribution in [0.5, 0.6) is 0 Å². The third-order valence-electron chi connectivity index (χ3n) is 8.86. The molecule has 3 heterocycles. The Labute approximate surface area is 241 Å². The van der Waals surface area contributed by atoms with Crippen LogP contribution in [0.1, 0.15) is 63.3 Å². The van der Waals surface area contributed by atoms with Crippen LogP contribution in [-0.4, -0.2) is 59.5 Å². The molecule has 1 unspecified atom stereocenters. The number of carbonyl (C=O) groups is 1. The van der Waals surface area contributed by atoms with Crippen LogP contribution in [0, 0.1) is 11.2 Å². The molecule has 2 saturated heterocycles. The number of fused-ring (bicyclic) bond motifs is 2. The van der Waals surface area contributed by atoms with Crippen LogP contribution in [0.2, 0.25) is 0 Å². The molecule has 0 spiro atoms. The predicted octanol–water partition coefficient (Wildman–Crippen LogP) is 5.34. The first kappa shape index (κ1) is 27.8. The Bertz CT molecular complexity index is 1600. The third-order valence-corrected chi connectivity index (χ3v) is 10.7. The smallest absolute Gasteiger partial charge is 0.243 e. The van der Waals surface area contributed by atoms with Gasteiger partial charge < -0.3 is 4.90 Å². The fraction of sp³-hybridized carbons (Fsp3) is 0.438. The highest BCUT2D eigenvalue weighted by molar-refractivity contribution is 7.89. The first-order valence-corrected chi connectivity index (χ1v) is 15.9. The Morgan fingerprint density at radius 3 is 2.29 bits per heavy atom. The van der Waals surface area contributed by atoms with Crippen LogP contribution in [0.4, 0.5) is 4.39 Å². The molecule has 0 radical (unpaired) electrons. The summed E-state index contributed by atoms with van der Waals surface area (Å²) in [6, 6.07) is 13.3. The summed E-state index contributed by atoms with van der Waals surface area (Å²) >= 11 is 0. The maximum atomic E-state index is 14.4. The number of aromatic nitrogens is 2. The molecule has 1 amide bonds. The Kier molecular flexibility index (Phi) is 6.93. The van der Waals surface area contributed by atoms with Gasteiger partial charge in [-0.1, -0.05) is 32.9 Å². The lowest BCUT2D eigenvalue weighted by molar-refractivity contribution is -0.142. The first-order chi connectivity index (χ1) is 19.5. The molecule has 1 aromatic heterocycles. The maximum Gasteiger partial charge on any atom is 0.243 e. The standard InChI is InChI=1S/C32H37FN4O3S/c1-31(2,3)24-7-13-28(14-8-24)41(39,40)36-18-15-25-19-29-23(21-34-37(29)27-11-9-26(33)10-12-27)20-32(25,22-36)30(38)35-16-5-4-6-17-35/h7-14,19,21H,4-6,15-18,20,22H2,1-3H3. The Morgan fingerprint density at radius 2 is 1.63 bits per heavy atom. The number of nitrogens with zero attached hydrogens (tertiary/aromatic N) is 4. The van der Waals surface area contributed by atoms with Gasteiger partial charge in [0.25, 0.3) is 0 Å². The lowest BCUT2D eigenvalue weighted by Gasteiger charge is -2.47. The van der Waals surface area contributed by atoms with Gasteiger partial charge in [-0.2, -0.15) is 9.40 Å². The van der Waals surface area contributed by atoms with E-state index in [1.54, 1.807) is 35.1 Å². The monoisotopic (exact) mass is 576 g/mol. The van der Waals surface area contributed by atoms with Crippen LogP contribution in [0.15, 0.2) is 65.2 Å². The van der Waals surface area contributed by atoms with Gasteiger partial charge in [0, 0.05) is 26.2 Å². The van der Waals surface area contributed by atoms with Gasteiger partial charge in [0.2, 0.25) is 15.9 Å². The molecule has 9 heteroatoms. The van der Waals surface area contributed by atoms with Crippen molar-refractivity contribution < 1.29 is 17.6 Å². The van der Waals surface area contributed by atoms with E-state index >= 15 is 0 Å². The second kappa shape index (κ2) is 10.2. The number of halogens is 1. The molecule has 1 atom stereocenters.